The van der Waals surface area contributed by atoms with Crippen LogP contribution in [-0.2, 0) is 22.8 Å². The predicted molar refractivity (Wildman–Crippen MR) is 108 cm³/mol. The first-order valence-electron chi connectivity index (χ1n) is 8.87. The van der Waals surface area contributed by atoms with Gasteiger partial charge in [-0.15, -0.1) is 0 Å². The number of carbonyl (C=O) groups excluding carboxylic acids is 1. The normalized spacial score (nSPS) is 10.1. The molecular weight excluding hydrogens is 387 g/mol. The van der Waals surface area contributed by atoms with Crippen LogP contribution < -0.4 is 16.2 Å². The molecule has 9 heteroatoms. The molecule has 0 amide bonds. The first kappa shape index (κ1) is 26.2. The second-order valence-electron chi connectivity index (χ2n) is 5.67. The van der Waals surface area contributed by atoms with Crippen LogP contribution in [0.1, 0.15) is 25.0 Å². The van der Waals surface area contributed by atoms with E-state index in [1.54, 1.807) is 18.2 Å². The van der Waals surface area contributed by atoms with E-state index in [2.05, 4.69) is 4.74 Å². The molecule has 2 rings (SSSR count). The Morgan fingerprint density at radius 2 is 1.83 bits per heavy atom. The van der Waals surface area contributed by atoms with Gasteiger partial charge in [0.1, 0.15) is 5.69 Å². The van der Waals surface area contributed by atoms with E-state index >= 15 is 0 Å². The number of carbonyl (C=O) groups is 1. The van der Waals surface area contributed by atoms with Crippen LogP contribution in [0.15, 0.2) is 41.3 Å². The van der Waals surface area contributed by atoms with Gasteiger partial charge >= 0.3 is 12.1 Å². The Bertz CT molecular complexity index is 843. The van der Waals surface area contributed by atoms with Gasteiger partial charge in [-0.1, -0.05) is 26.0 Å². The summed E-state index contributed by atoms with van der Waals surface area (Å²) in [4.78, 5) is 23.3. The van der Waals surface area contributed by atoms with E-state index in [9.17, 15) is 22.8 Å². The molecule has 0 radical (unpaired) electrons. The number of ether oxygens (including phenoxy) is 1. The van der Waals surface area contributed by atoms with E-state index in [1.165, 1.54) is 26.1 Å². The van der Waals surface area contributed by atoms with Crippen LogP contribution in [0.25, 0.3) is 0 Å². The number of halogens is 3. The van der Waals surface area contributed by atoms with Crippen LogP contribution in [0.5, 0.6) is 0 Å². The molecule has 0 aliphatic heterocycles. The Balaban J connectivity index is 0.000000841. The van der Waals surface area contributed by atoms with Gasteiger partial charge in [0.15, 0.2) is 0 Å². The Kier molecular flexibility index (Phi) is 10.7. The second-order valence-corrected chi connectivity index (χ2v) is 5.67. The maximum atomic E-state index is 13.1. The smallest absolute Gasteiger partial charge is 0.418 e. The van der Waals surface area contributed by atoms with E-state index in [4.69, 9.17) is 5.73 Å². The lowest BCUT2D eigenvalue weighted by Crippen LogP contribution is -2.29. The third-order valence-electron chi connectivity index (χ3n) is 3.67. The summed E-state index contributed by atoms with van der Waals surface area (Å²) in [5.41, 5.74) is 4.24. The molecule has 1 heterocycles. The number of aromatic nitrogens is 1. The van der Waals surface area contributed by atoms with Crippen molar-refractivity contribution >= 4 is 17.3 Å². The number of benzene rings is 1. The van der Waals surface area contributed by atoms with Crippen molar-refractivity contribution in [1.29, 1.82) is 0 Å². The Labute approximate surface area is 168 Å². The lowest BCUT2D eigenvalue weighted by atomic mass is 10.1. The summed E-state index contributed by atoms with van der Waals surface area (Å²) in [6.45, 7) is 5.81. The molecule has 6 nitrogen and oxygen atoms in total. The standard InChI is InChI=1S/C15H15F3N2O.C3H7NO2.C2H6/c1-10-5-4-6-11(9-10)20(3)13-12(15(16,17)18)7-8-19(2)14(13)21;1-6-3(5)2-4;1-2/h4-9H,1-3H3;2,4H2,1H3;1-2H3. The van der Waals surface area contributed by atoms with Gasteiger partial charge in [-0.3, -0.25) is 9.59 Å². The lowest BCUT2D eigenvalue weighted by Gasteiger charge is -2.23. The summed E-state index contributed by atoms with van der Waals surface area (Å²) in [5.74, 6) is -0.380. The van der Waals surface area contributed by atoms with Crippen LogP contribution >= 0.6 is 0 Å². The fourth-order valence-electron chi connectivity index (χ4n) is 2.22. The number of nitrogens with zero attached hydrogens (tertiary/aromatic N) is 2. The van der Waals surface area contributed by atoms with Crippen molar-refractivity contribution in [3.05, 3.63) is 58.0 Å². The molecule has 2 N–H and O–H groups in total. The number of aryl methyl sites for hydroxylation is 2. The third kappa shape index (κ3) is 7.61. The monoisotopic (exact) mass is 415 g/mol. The molecule has 0 bridgehead atoms. The molecule has 0 aliphatic carbocycles. The molecule has 1 aromatic heterocycles. The molecule has 29 heavy (non-hydrogen) atoms. The number of hydrogen-bond donors (Lipinski definition) is 1. The molecule has 0 unspecified atom stereocenters. The molecule has 0 saturated heterocycles. The molecule has 0 spiro atoms. The number of rotatable bonds is 3. The van der Waals surface area contributed by atoms with Crippen LogP contribution in [0, 0.1) is 6.92 Å². The van der Waals surface area contributed by atoms with Crippen molar-refractivity contribution in [2.24, 2.45) is 12.8 Å². The largest absolute Gasteiger partial charge is 0.468 e. The highest BCUT2D eigenvalue weighted by Crippen LogP contribution is 2.36. The third-order valence-corrected chi connectivity index (χ3v) is 3.67. The summed E-state index contributed by atoms with van der Waals surface area (Å²) >= 11 is 0. The Morgan fingerprint density at radius 3 is 2.24 bits per heavy atom. The van der Waals surface area contributed by atoms with Crippen LogP contribution in [0.3, 0.4) is 0 Å². The number of esters is 1. The first-order valence-corrected chi connectivity index (χ1v) is 8.87. The van der Waals surface area contributed by atoms with Gasteiger partial charge in [0, 0.05) is 26.0 Å². The van der Waals surface area contributed by atoms with Gasteiger partial charge < -0.3 is 19.9 Å². The molecular formula is C20H28F3N3O3. The zero-order valence-corrected chi connectivity index (χ0v) is 17.5. The molecule has 0 aliphatic rings. The van der Waals surface area contributed by atoms with Crippen molar-refractivity contribution in [3.63, 3.8) is 0 Å². The summed E-state index contributed by atoms with van der Waals surface area (Å²) in [5, 5.41) is 0. The maximum Gasteiger partial charge on any atom is 0.418 e. The van der Waals surface area contributed by atoms with E-state index < -0.39 is 17.3 Å². The van der Waals surface area contributed by atoms with Crippen LogP contribution in [-0.4, -0.2) is 31.2 Å². The summed E-state index contributed by atoms with van der Waals surface area (Å²) in [6.07, 6.45) is -3.46. The minimum Gasteiger partial charge on any atom is -0.468 e. The second kappa shape index (κ2) is 11.9. The molecule has 0 saturated carbocycles. The van der Waals surface area contributed by atoms with Crippen molar-refractivity contribution in [2.75, 3.05) is 25.6 Å². The van der Waals surface area contributed by atoms with E-state index in [1.807, 2.05) is 26.8 Å². The average Bonchev–Trinajstić information content (AvgIpc) is 2.69. The fraction of sp³-hybridized carbons (Fsp3) is 0.400. The van der Waals surface area contributed by atoms with Gasteiger partial charge in [-0.2, -0.15) is 13.2 Å². The number of methoxy groups -OCH3 is 1. The van der Waals surface area contributed by atoms with E-state index in [0.29, 0.717) is 5.69 Å². The van der Waals surface area contributed by atoms with Gasteiger partial charge in [0.05, 0.1) is 19.2 Å². The van der Waals surface area contributed by atoms with Crippen molar-refractivity contribution in [2.45, 2.75) is 26.9 Å². The highest BCUT2D eigenvalue weighted by molar-refractivity contribution is 5.71. The van der Waals surface area contributed by atoms with Crippen LogP contribution in [0.4, 0.5) is 24.5 Å². The highest BCUT2D eigenvalue weighted by Gasteiger charge is 2.36. The molecule has 2 aromatic rings. The molecule has 1 aromatic carbocycles. The van der Waals surface area contributed by atoms with Crippen molar-refractivity contribution in [1.82, 2.24) is 4.57 Å². The Hall–Kier alpha value is -2.81. The van der Waals surface area contributed by atoms with Crippen molar-refractivity contribution < 1.29 is 22.7 Å². The topological polar surface area (TPSA) is 77.6 Å². The summed E-state index contributed by atoms with van der Waals surface area (Å²) < 4.78 is 44.7. The molecule has 0 fully saturated rings. The fourth-order valence-corrected chi connectivity index (χ4v) is 2.22. The lowest BCUT2D eigenvalue weighted by molar-refractivity contribution is -0.139. The van der Waals surface area contributed by atoms with Gasteiger partial charge in [0.25, 0.3) is 5.56 Å². The number of hydrogen-bond acceptors (Lipinski definition) is 5. The minimum absolute atomic E-state index is 0.0312. The maximum absolute atomic E-state index is 13.1. The minimum atomic E-state index is -4.58. The number of anilines is 2. The highest BCUT2D eigenvalue weighted by atomic mass is 19.4. The number of pyridine rings is 1. The zero-order valence-electron chi connectivity index (χ0n) is 17.5. The molecule has 162 valence electrons. The Morgan fingerprint density at radius 1 is 1.24 bits per heavy atom. The SMILES string of the molecule is CC.COC(=O)CN.Cc1cccc(N(C)c2c(C(F)(F)F)ccn(C)c2=O)c1. The zero-order chi connectivity index (χ0) is 22.8. The van der Waals surface area contributed by atoms with Gasteiger partial charge in [0.2, 0.25) is 0 Å². The van der Waals surface area contributed by atoms with Crippen molar-refractivity contribution in [3.8, 4) is 0 Å². The van der Waals surface area contributed by atoms with E-state index in [-0.39, 0.29) is 18.2 Å². The quantitative estimate of drug-likeness (QED) is 0.775. The predicted octanol–water partition coefficient (Wildman–Crippen LogP) is 3.62. The summed E-state index contributed by atoms with van der Waals surface area (Å²) in [6, 6.07) is 7.89. The van der Waals surface area contributed by atoms with E-state index in [0.717, 1.165) is 22.4 Å². The van der Waals surface area contributed by atoms with Crippen LogP contribution in [0.2, 0.25) is 0 Å². The molecule has 0 atom stereocenters. The first-order chi connectivity index (χ1) is 13.5. The number of alkyl halides is 3. The van der Waals surface area contributed by atoms with Gasteiger partial charge in [-0.25, -0.2) is 0 Å². The summed E-state index contributed by atoms with van der Waals surface area (Å²) in [7, 11) is 4.19. The van der Waals surface area contributed by atoms with Gasteiger partial charge in [-0.05, 0) is 30.7 Å². The average molecular weight is 415 g/mol. The number of nitrogens with two attached hydrogens (primary N) is 1.